The highest BCUT2D eigenvalue weighted by atomic mass is 16.5. The van der Waals surface area contributed by atoms with Crippen molar-refractivity contribution in [3.63, 3.8) is 0 Å². The molecule has 2 rings (SSSR count). The quantitative estimate of drug-likeness (QED) is 0.798. The Hall–Kier alpha value is -3.02. The van der Waals surface area contributed by atoms with Gasteiger partial charge in [-0.3, -0.25) is 4.79 Å². The van der Waals surface area contributed by atoms with Crippen LogP contribution in [0.5, 0.6) is 11.5 Å². The van der Waals surface area contributed by atoms with Gasteiger partial charge in [-0.05, 0) is 42.8 Å². The largest absolute Gasteiger partial charge is 0.494 e. The lowest BCUT2D eigenvalue weighted by molar-refractivity contribution is -0.139. The average Bonchev–Trinajstić information content (AvgIpc) is 2.61. The van der Waals surface area contributed by atoms with E-state index in [0.29, 0.717) is 24.5 Å². The van der Waals surface area contributed by atoms with Crippen molar-refractivity contribution < 1.29 is 24.2 Å². The number of carbonyl (C=O) groups is 2. The van der Waals surface area contributed by atoms with E-state index in [1.165, 1.54) is 0 Å². The third-order valence-electron chi connectivity index (χ3n) is 3.44. The predicted octanol–water partition coefficient (Wildman–Crippen LogP) is 2.82. The van der Waals surface area contributed by atoms with Crippen molar-refractivity contribution in [2.24, 2.45) is 0 Å². The monoisotopic (exact) mass is 343 g/mol. The van der Waals surface area contributed by atoms with Gasteiger partial charge in [0, 0.05) is 19.2 Å². The fourth-order valence-corrected chi connectivity index (χ4v) is 2.29. The molecule has 0 unspecified atom stereocenters. The number of benzene rings is 2. The Kier molecular flexibility index (Phi) is 6.39. The van der Waals surface area contributed by atoms with Crippen LogP contribution in [0.1, 0.15) is 22.8 Å². The van der Waals surface area contributed by atoms with E-state index >= 15 is 0 Å². The normalized spacial score (nSPS) is 10.2. The van der Waals surface area contributed by atoms with Crippen molar-refractivity contribution in [1.82, 2.24) is 4.90 Å². The molecule has 0 saturated heterocycles. The summed E-state index contributed by atoms with van der Waals surface area (Å²) < 4.78 is 10.5. The minimum Gasteiger partial charge on any atom is -0.494 e. The molecule has 0 atom stereocenters. The van der Waals surface area contributed by atoms with Crippen LogP contribution in [0.25, 0.3) is 0 Å². The Bertz CT molecular complexity index is 727. The lowest BCUT2D eigenvalue weighted by Gasteiger charge is -2.18. The lowest BCUT2D eigenvalue weighted by Crippen LogP contribution is -2.26. The summed E-state index contributed by atoms with van der Waals surface area (Å²) in [5, 5.41) is 8.65. The summed E-state index contributed by atoms with van der Waals surface area (Å²) in [4.78, 5) is 24.7. The van der Waals surface area contributed by atoms with E-state index in [2.05, 4.69) is 0 Å². The molecule has 2 aromatic rings. The van der Waals surface area contributed by atoms with E-state index in [-0.39, 0.29) is 5.91 Å². The number of ether oxygens (including phenoxy) is 2. The number of carboxylic acids is 1. The van der Waals surface area contributed by atoms with Gasteiger partial charge < -0.3 is 19.5 Å². The Morgan fingerprint density at radius 3 is 2.40 bits per heavy atom. The van der Waals surface area contributed by atoms with Crippen LogP contribution in [-0.2, 0) is 11.3 Å². The van der Waals surface area contributed by atoms with Crippen LogP contribution in [0.15, 0.2) is 48.5 Å². The summed E-state index contributed by atoms with van der Waals surface area (Å²) in [7, 11) is 1.71. The van der Waals surface area contributed by atoms with E-state index in [0.717, 1.165) is 11.3 Å². The molecule has 132 valence electrons. The molecule has 1 amide bonds. The Balaban J connectivity index is 2.01. The van der Waals surface area contributed by atoms with E-state index < -0.39 is 12.6 Å². The first-order valence-electron chi connectivity index (χ1n) is 7.91. The molecular formula is C19H21NO5. The van der Waals surface area contributed by atoms with Crippen molar-refractivity contribution in [1.29, 1.82) is 0 Å². The molecule has 2 aromatic carbocycles. The van der Waals surface area contributed by atoms with Crippen LogP contribution in [0.4, 0.5) is 0 Å². The van der Waals surface area contributed by atoms with Crippen molar-refractivity contribution in [2.45, 2.75) is 13.5 Å². The Morgan fingerprint density at radius 1 is 1.04 bits per heavy atom. The highest BCUT2D eigenvalue weighted by Crippen LogP contribution is 2.17. The van der Waals surface area contributed by atoms with Gasteiger partial charge in [-0.2, -0.15) is 0 Å². The van der Waals surface area contributed by atoms with Crippen LogP contribution >= 0.6 is 0 Å². The molecule has 0 aliphatic heterocycles. The number of amides is 1. The Labute approximate surface area is 146 Å². The third kappa shape index (κ3) is 5.53. The van der Waals surface area contributed by atoms with E-state index in [4.69, 9.17) is 14.6 Å². The summed E-state index contributed by atoms with van der Waals surface area (Å²) in [5.74, 6) is -0.0924. The first-order chi connectivity index (χ1) is 12.0. The van der Waals surface area contributed by atoms with Gasteiger partial charge in [-0.25, -0.2) is 4.79 Å². The molecule has 0 radical (unpaired) electrons. The highest BCUT2D eigenvalue weighted by Gasteiger charge is 2.13. The SMILES string of the molecule is CCOc1ccc(CN(C)C(=O)c2cccc(OCC(=O)O)c2)cc1. The van der Waals surface area contributed by atoms with Crippen molar-refractivity contribution in [2.75, 3.05) is 20.3 Å². The molecule has 6 nitrogen and oxygen atoms in total. The number of nitrogens with zero attached hydrogens (tertiary/aromatic N) is 1. The summed E-state index contributed by atoms with van der Waals surface area (Å²) in [6.45, 7) is 2.54. The topological polar surface area (TPSA) is 76.1 Å². The second-order valence-corrected chi connectivity index (χ2v) is 5.45. The van der Waals surface area contributed by atoms with Crippen LogP contribution in [0, 0.1) is 0 Å². The van der Waals surface area contributed by atoms with Gasteiger partial charge in [0.15, 0.2) is 6.61 Å². The molecule has 0 bridgehead atoms. The maximum absolute atomic E-state index is 12.5. The van der Waals surface area contributed by atoms with E-state index in [9.17, 15) is 9.59 Å². The highest BCUT2D eigenvalue weighted by molar-refractivity contribution is 5.94. The van der Waals surface area contributed by atoms with Crippen molar-refractivity contribution in [3.05, 3.63) is 59.7 Å². The van der Waals surface area contributed by atoms with E-state index in [1.54, 1.807) is 36.2 Å². The maximum atomic E-state index is 12.5. The fraction of sp³-hybridized carbons (Fsp3) is 0.263. The lowest BCUT2D eigenvalue weighted by atomic mass is 10.1. The molecule has 0 saturated carbocycles. The number of rotatable bonds is 8. The number of aliphatic carboxylic acids is 1. The van der Waals surface area contributed by atoms with Crippen molar-refractivity contribution >= 4 is 11.9 Å². The fourth-order valence-electron chi connectivity index (χ4n) is 2.29. The minimum atomic E-state index is -1.07. The number of carbonyl (C=O) groups excluding carboxylic acids is 1. The first-order valence-corrected chi connectivity index (χ1v) is 7.91. The smallest absolute Gasteiger partial charge is 0.341 e. The van der Waals surface area contributed by atoms with Gasteiger partial charge in [-0.15, -0.1) is 0 Å². The molecule has 1 N–H and O–H groups in total. The van der Waals surface area contributed by atoms with Crippen molar-refractivity contribution in [3.8, 4) is 11.5 Å². The zero-order valence-electron chi connectivity index (χ0n) is 14.3. The van der Waals surface area contributed by atoms with Crippen LogP contribution < -0.4 is 9.47 Å². The number of hydrogen-bond donors (Lipinski definition) is 1. The van der Waals surface area contributed by atoms with Crippen LogP contribution in [0.2, 0.25) is 0 Å². The molecule has 0 heterocycles. The predicted molar refractivity (Wildman–Crippen MR) is 93.0 cm³/mol. The van der Waals surface area contributed by atoms with Gasteiger partial charge in [0.1, 0.15) is 11.5 Å². The standard InChI is InChI=1S/C19H21NO5/c1-3-24-16-9-7-14(8-10-16)12-20(2)19(23)15-5-4-6-17(11-15)25-13-18(21)22/h4-11H,3,12-13H2,1-2H3,(H,21,22). The molecule has 6 heteroatoms. The Morgan fingerprint density at radius 2 is 1.76 bits per heavy atom. The van der Waals surface area contributed by atoms with E-state index in [1.807, 2.05) is 31.2 Å². The molecule has 0 aliphatic rings. The molecular weight excluding hydrogens is 322 g/mol. The molecule has 25 heavy (non-hydrogen) atoms. The average molecular weight is 343 g/mol. The zero-order valence-corrected chi connectivity index (χ0v) is 14.3. The van der Waals surface area contributed by atoms with Gasteiger partial charge in [0.25, 0.3) is 5.91 Å². The summed E-state index contributed by atoms with van der Waals surface area (Å²) in [6, 6.07) is 14.1. The van der Waals surface area contributed by atoms with Gasteiger partial charge in [0.2, 0.25) is 0 Å². The molecule has 0 fully saturated rings. The number of hydrogen-bond acceptors (Lipinski definition) is 4. The molecule has 0 aromatic heterocycles. The van der Waals surface area contributed by atoms with Crippen LogP contribution in [0.3, 0.4) is 0 Å². The second kappa shape index (κ2) is 8.73. The summed E-state index contributed by atoms with van der Waals surface area (Å²) in [5.41, 5.74) is 1.42. The first kappa shape index (κ1) is 18.3. The summed E-state index contributed by atoms with van der Waals surface area (Å²) in [6.07, 6.45) is 0. The molecule has 0 aliphatic carbocycles. The summed E-state index contributed by atoms with van der Waals surface area (Å²) >= 11 is 0. The minimum absolute atomic E-state index is 0.172. The number of carboxylic acid groups (broad SMARTS) is 1. The van der Waals surface area contributed by atoms with Gasteiger partial charge in [0.05, 0.1) is 6.61 Å². The van der Waals surface area contributed by atoms with Gasteiger partial charge >= 0.3 is 5.97 Å². The van der Waals surface area contributed by atoms with Gasteiger partial charge in [-0.1, -0.05) is 18.2 Å². The third-order valence-corrected chi connectivity index (χ3v) is 3.44. The van der Waals surface area contributed by atoms with Crippen LogP contribution in [-0.4, -0.2) is 42.1 Å². The zero-order chi connectivity index (χ0) is 18.2. The maximum Gasteiger partial charge on any atom is 0.341 e. The second-order valence-electron chi connectivity index (χ2n) is 5.45. The molecule has 0 spiro atoms.